The lowest BCUT2D eigenvalue weighted by atomic mass is 9.96. The second-order valence-corrected chi connectivity index (χ2v) is 5.01. The van der Waals surface area contributed by atoms with Crippen molar-refractivity contribution in [3.8, 4) is 0 Å². The Morgan fingerprint density at radius 1 is 1.29 bits per heavy atom. The molecule has 114 valence electrons. The van der Waals surface area contributed by atoms with Crippen molar-refractivity contribution in [3.05, 3.63) is 29.3 Å². The number of ether oxygens (including phenoxy) is 2. The van der Waals surface area contributed by atoms with Gasteiger partial charge in [0.1, 0.15) is 0 Å². The smallest absolute Gasteiger partial charge is 0.407 e. The molecule has 1 aliphatic heterocycles. The fourth-order valence-corrected chi connectivity index (χ4v) is 2.56. The van der Waals surface area contributed by atoms with Crippen LogP contribution in [0.5, 0.6) is 0 Å². The summed E-state index contributed by atoms with van der Waals surface area (Å²) in [5.74, 6) is -0.524. The van der Waals surface area contributed by atoms with Gasteiger partial charge in [0.25, 0.3) is 0 Å². The van der Waals surface area contributed by atoms with Crippen LogP contribution in [-0.2, 0) is 20.7 Å². The van der Waals surface area contributed by atoms with Crippen LogP contribution in [0.4, 0.5) is 10.5 Å². The maximum absolute atomic E-state index is 11.9. The average molecular weight is 292 g/mol. The third-order valence-corrected chi connectivity index (χ3v) is 3.67. The maximum Gasteiger partial charge on any atom is 0.407 e. The Balaban J connectivity index is 2.32. The maximum atomic E-state index is 11.9. The van der Waals surface area contributed by atoms with E-state index < -0.39 is 18.1 Å². The average Bonchev–Trinajstić information content (AvgIpc) is 2.51. The molecule has 1 aromatic rings. The molecule has 1 aromatic carbocycles. The van der Waals surface area contributed by atoms with Gasteiger partial charge in [0.2, 0.25) is 0 Å². The van der Waals surface area contributed by atoms with Crippen LogP contribution < -0.4 is 10.2 Å². The van der Waals surface area contributed by atoms with E-state index >= 15 is 0 Å². The lowest BCUT2D eigenvalue weighted by Crippen LogP contribution is -2.34. The van der Waals surface area contributed by atoms with Crippen LogP contribution in [0.1, 0.15) is 23.6 Å². The number of carbonyl (C=O) groups excluding carboxylic acids is 2. The third-order valence-electron chi connectivity index (χ3n) is 3.67. The fourth-order valence-electron chi connectivity index (χ4n) is 2.56. The molecule has 1 heterocycles. The van der Waals surface area contributed by atoms with Gasteiger partial charge in [-0.1, -0.05) is 12.1 Å². The first kappa shape index (κ1) is 15.2. The number of nitrogens with zero attached hydrogens (tertiary/aromatic N) is 1. The number of fused-ring (bicyclic) bond motifs is 1. The first-order valence-electron chi connectivity index (χ1n) is 6.83. The van der Waals surface area contributed by atoms with E-state index in [1.165, 1.54) is 19.8 Å². The molecule has 0 bridgehead atoms. The molecule has 0 radical (unpaired) electrons. The van der Waals surface area contributed by atoms with Gasteiger partial charge < -0.3 is 19.7 Å². The summed E-state index contributed by atoms with van der Waals surface area (Å²) >= 11 is 0. The summed E-state index contributed by atoms with van der Waals surface area (Å²) in [6.45, 7) is 1.02. The van der Waals surface area contributed by atoms with E-state index in [1.807, 2.05) is 25.2 Å². The topological polar surface area (TPSA) is 67.9 Å². The summed E-state index contributed by atoms with van der Waals surface area (Å²) in [6.07, 6.45) is 1.36. The van der Waals surface area contributed by atoms with Crippen LogP contribution in [0.3, 0.4) is 0 Å². The van der Waals surface area contributed by atoms with E-state index in [1.54, 1.807) is 0 Å². The van der Waals surface area contributed by atoms with Crippen molar-refractivity contribution in [2.45, 2.75) is 18.9 Å². The molecule has 1 N–H and O–H groups in total. The Hall–Kier alpha value is -2.24. The molecular weight excluding hydrogens is 272 g/mol. The second kappa shape index (κ2) is 6.47. The van der Waals surface area contributed by atoms with Crippen molar-refractivity contribution < 1.29 is 19.1 Å². The third kappa shape index (κ3) is 3.26. The van der Waals surface area contributed by atoms with E-state index in [-0.39, 0.29) is 0 Å². The molecule has 6 nitrogen and oxygen atoms in total. The number of esters is 1. The van der Waals surface area contributed by atoms with Gasteiger partial charge in [0, 0.05) is 19.3 Å². The Kier molecular flexibility index (Phi) is 4.67. The highest BCUT2D eigenvalue weighted by atomic mass is 16.5. The standard InChI is InChI=1S/C15H20N2O4/c1-17-8-4-5-10-9-11(6-7-12(10)17)13(14(18)20-2)16-15(19)21-3/h6-7,9,13H,4-5,8H2,1-3H3,(H,16,19). The zero-order valence-corrected chi connectivity index (χ0v) is 12.5. The highest BCUT2D eigenvalue weighted by Crippen LogP contribution is 2.29. The van der Waals surface area contributed by atoms with Gasteiger partial charge in [-0.2, -0.15) is 0 Å². The summed E-state index contributed by atoms with van der Waals surface area (Å²) < 4.78 is 9.32. The minimum Gasteiger partial charge on any atom is -0.467 e. The van der Waals surface area contributed by atoms with Crippen LogP contribution in [0, 0.1) is 0 Å². The quantitative estimate of drug-likeness (QED) is 0.858. The zero-order chi connectivity index (χ0) is 15.4. The van der Waals surface area contributed by atoms with Gasteiger partial charge in [-0.25, -0.2) is 9.59 Å². The first-order valence-corrected chi connectivity index (χ1v) is 6.83. The Morgan fingerprint density at radius 3 is 2.71 bits per heavy atom. The lowest BCUT2D eigenvalue weighted by Gasteiger charge is -2.28. The summed E-state index contributed by atoms with van der Waals surface area (Å²) in [5, 5.41) is 2.50. The molecular formula is C15H20N2O4. The van der Waals surface area contributed by atoms with Crippen LogP contribution >= 0.6 is 0 Å². The van der Waals surface area contributed by atoms with Crippen molar-refractivity contribution in [1.82, 2.24) is 5.32 Å². The van der Waals surface area contributed by atoms with E-state index in [9.17, 15) is 9.59 Å². The Bertz CT molecular complexity index is 544. The highest BCUT2D eigenvalue weighted by molar-refractivity contribution is 5.83. The molecule has 0 aliphatic carbocycles. The number of rotatable bonds is 3. The number of amides is 1. The van der Waals surface area contributed by atoms with Crippen LogP contribution in [-0.4, -0.2) is 39.9 Å². The minimum absolute atomic E-state index is 0.524. The number of aryl methyl sites for hydroxylation is 1. The second-order valence-electron chi connectivity index (χ2n) is 5.01. The number of alkyl carbamates (subject to hydrolysis) is 1. The van der Waals surface area contributed by atoms with Gasteiger partial charge in [-0.15, -0.1) is 0 Å². The molecule has 1 amide bonds. The van der Waals surface area contributed by atoms with Crippen molar-refractivity contribution in [2.75, 3.05) is 32.7 Å². The number of anilines is 1. The van der Waals surface area contributed by atoms with Crippen molar-refractivity contribution >= 4 is 17.7 Å². The predicted octanol–water partition coefficient (Wildman–Crippen LogP) is 1.64. The van der Waals surface area contributed by atoms with Gasteiger partial charge in [0.05, 0.1) is 14.2 Å². The molecule has 0 saturated heterocycles. The summed E-state index contributed by atoms with van der Waals surface area (Å²) in [4.78, 5) is 25.5. The molecule has 1 aliphatic rings. The van der Waals surface area contributed by atoms with Crippen molar-refractivity contribution in [1.29, 1.82) is 0 Å². The molecule has 1 unspecified atom stereocenters. The van der Waals surface area contributed by atoms with Gasteiger partial charge in [0.15, 0.2) is 6.04 Å². The molecule has 0 spiro atoms. The molecule has 0 aromatic heterocycles. The fraction of sp³-hybridized carbons (Fsp3) is 0.467. The van der Waals surface area contributed by atoms with Gasteiger partial charge in [-0.3, -0.25) is 0 Å². The SMILES string of the molecule is COC(=O)NC(C(=O)OC)c1ccc2c(c1)CCCN2C. The van der Waals surface area contributed by atoms with Crippen LogP contribution in [0.2, 0.25) is 0 Å². The first-order chi connectivity index (χ1) is 10.1. The predicted molar refractivity (Wildman–Crippen MR) is 78.3 cm³/mol. The zero-order valence-electron chi connectivity index (χ0n) is 12.5. The van der Waals surface area contributed by atoms with Gasteiger partial charge >= 0.3 is 12.1 Å². The number of hydrogen-bond acceptors (Lipinski definition) is 5. The van der Waals surface area contributed by atoms with E-state index in [4.69, 9.17) is 4.74 Å². The largest absolute Gasteiger partial charge is 0.467 e. The number of nitrogens with one attached hydrogen (secondary N) is 1. The van der Waals surface area contributed by atoms with Crippen molar-refractivity contribution in [2.24, 2.45) is 0 Å². The van der Waals surface area contributed by atoms with Crippen LogP contribution in [0.25, 0.3) is 0 Å². The van der Waals surface area contributed by atoms with E-state index in [2.05, 4.69) is 15.0 Å². The van der Waals surface area contributed by atoms with Crippen molar-refractivity contribution in [3.63, 3.8) is 0 Å². The lowest BCUT2D eigenvalue weighted by molar-refractivity contribution is -0.143. The minimum atomic E-state index is -0.861. The van der Waals surface area contributed by atoms with Crippen LogP contribution in [0.15, 0.2) is 18.2 Å². The molecule has 6 heteroatoms. The Labute approximate surface area is 124 Å². The molecule has 0 fully saturated rings. The number of carbonyl (C=O) groups is 2. The number of methoxy groups -OCH3 is 2. The highest BCUT2D eigenvalue weighted by Gasteiger charge is 2.25. The Morgan fingerprint density at radius 2 is 2.05 bits per heavy atom. The summed E-state index contributed by atoms with van der Waals surface area (Å²) in [5.41, 5.74) is 3.02. The summed E-state index contributed by atoms with van der Waals surface area (Å²) in [6, 6.07) is 4.89. The molecule has 21 heavy (non-hydrogen) atoms. The van der Waals surface area contributed by atoms with Gasteiger partial charge in [-0.05, 0) is 30.0 Å². The molecule has 1 atom stereocenters. The normalized spacial score (nSPS) is 14.9. The molecule has 0 saturated carbocycles. The molecule has 2 rings (SSSR count). The number of benzene rings is 1. The summed E-state index contributed by atoms with van der Waals surface area (Å²) in [7, 11) is 4.59. The van der Waals surface area contributed by atoms with E-state index in [0.717, 1.165) is 25.1 Å². The van der Waals surface area contributed by atoms with E-state index in [0.29, 0.717) is 5.56 Å². The number of hydrogen-bond donors (Lipinski definition) is 1. The monoisotopic (exact) mass is 292 g/mol.